The number of urea groups is 1. The summed E-state index contributed by atoms with van der Waals surface area (Å²) in [6.07, 6.45) is 3.23. The van der Waals surface area contributed by atoms with Gasteiger partial charge >= 0.3 is 12.0 Å². The van der Waals surface area contributed by atoms with E-state index in [9.17, 15) is 9.59 Å². The first kappa shape index (κ1) is 16.1. The van der Waals surface area contributed by atoms with Crippen LogP contribution in [0.1, 0.15) is 32.4 Å². The zero-order valence-electron chi connectivity index (χ0n) is 11.9. The lowest BCUT2D eigenvalue weighted by molar-refractivity contribution is -0.137. The maximum Gasteiger partial charge on any atom is 0.315 e. The van der Waals surface area contributed by atoms with Crippen molar-refractivity contribution >= 4 is 12.0 Å². The molecule has 0 aliphatic rings. The van der Waals surface area contributed by atoms with E-state index in [0.717, 1.165) is 18.6 Å². The highest BCUT2D eigenvalue weighted by atomic mass is 16.4. The largest absolute Gasteiger partial charge is 0.481 e. The van der Waals surface area contributed by atoms with Crippen LogP contribution in [0.4, 0.5) is 4.79 Å². The van der Waals surface area contributed by atoms with Crippen molar-refractivity contribution < 1.29 is 19.1 Å². The number of hydrogen-bond donors (Lipinski definition) is 3. The highest BCUT2D eigenvalue weighted by Gasteiger charge is 2.11. The molecule has 2 amide bonds. The Hall–Kier alpha value is -1.98. The molecule has 0 spiro atoms. The number of hydrogen-bond acceptors (Lipinski definition) is 3. The van der Waals surface area contributed by atoms with Crippen LogP contribution in [0.15, 0.2) is 22.8 Å². The summed E-state index contributed by atoms with van der Waals surface area (Å²) in [5, 5.41) is 14.1. The molecule has 0 aromatic carbocycles. The van der Waals surface area contributed by atoms with Crippen molar-refractivity contribution in [2.75, 3.05) is 6.54 Å². The summed E-state index contributed by atoms with van der Waals surface area (Å²) >= 11 is 0. The van der Waals surface area contributed by atoms with Gasteiger partial charge in [0.05, 0.1) is 6.26 Å². The van der Waals surface area contributed by atoms with Gasteiger partial charge in [-0.3, -0.25) is 4.79 Å². The van der Waals surface area contributed by atoms with Crippen LogP contribution < -0.4 is 10.6 Å². The minimum Gasteiger partial charge on any atom is -0.481 e. The molecule has 112 valence electrons. The van der Waals surface area contributed by atoms with Gasteiger partial charge in [0.2, 0.25) is 0 Å². The molecule has 20 heavy (non-hydrogen) atoms. The molecule has 0 fully saturated rings. The van der Waals surface area contributed by atoms with Crippen LogP contribution in [0.3, 0.4) is 0 Å². The fraction of sp³-hybridized carbons (Fsp3) is 0.571. The molecule has 0 saturated carbocycles. The van der Waals surface area contributed by atoms with E-state index in [1.54, 1.807) is 13.2 Å². The van der Waals surface area contributed by atoms with Crippen molar-refractivity contribution in [1.29, 1.82) is 0 Å². The Morgan fingerprint density at radius 3 is 2.75 bits per heavy atom. The van der Waals surface area contributed by atoms with Crippen LogP contribution in [0.25, 0.3) is 0 Å². The number of carbonyl (C=O) groups excluding carboxylic acids is 1. The van der Waals surface area contributed by atoms with Gasteiger partial charge in [0.15, 0.2) is 0 Å². The standard InChI is InChI=1S/C14H22N2O4/c1-10(8-13(17)18)9-15-14(19)16-11(2)5-6-12-4-3-7-20-12/h3-4,7,10-11H,5-6,8-9H2,1-2H3,(H,17,18)(H2,15,16,19). The summed E-state index contributed by atoms with van der Waals surface area (Å²) in [6, 6.07) is 3.49. The number of carboxylic acids is 1. The second kappa shape index (κ2) is 8.24. The normalized spacial score (nSPS) is 13.5. The van der Waals surface area contributed by atoms with Crippen molar-refractivity contribution in [2.24, 2.45) is 5.92 Å². The van der Waals surface area contributed by atoms with E-state index in [1.165, 1.54) is 0 Å². The minimum atomic E-state index is -0.855. The van der Waals surface area contributed by atoms with E-state index < -0.39 is 5.97 Å². The number of carbonyl (C=O) groups is 2. The van der Waals surface area contributed by atoms with E-state index >= 15 is 0 Å². The van der Waals surface area contributed by atoms with E-state index in [4.69, 9.17) is 9.52 Å². The molecule has 1 aromatic heterocycles. The van der Waals surface area contributed by atoms with E-state index in [2.05, 4.69) is 10.6 Å². The minimum absolute atomic E-state index is 0.0230. The summed E-state index contributed by atoms with van der Waals surface area (Å²) in [7, 11) is 0. The molecule has 1 heterocycles. The molecule has 2 atom stereocenters. The number of nitrogens with one attached hydrogen (secondary N) is 2. The molecule has 2 unspecified atom stereocenters. The number of amides is 2. The van der Waals surface area contributed by atoms with Gasteiger partial charge in [-0.1, -0.05) is 6.92 Å². The average Bonchev–Trinajstić information content (AvgIpc) is 2.86. The van der Waals surface area contributed by atoms with Crippen molar-refractivity contribution in [2.45, 2.75) is 39.2 Å². The molecule has 0 radical (unpaired) electrons. The van der Waals surface area contributed by atoms with Gasteiger partial charge in [0, 0.05) is 25.4 Å². The molecule has 0 bridgehead atoms. The van der Waals surface area contributed by atoms with Crippen LogP contribution in [0.2, 0.25) is 0 Å². The molecule has 0 saturated heterocycles. The fourth-order valence-electron chi connectivity index (χ4n) is 1.80. The lowest BCUT2D eigenvalue weighted by atomic mass is 10.1. The molecule has 6 heteroatoms. The Balaban J connectivity index is 2.16. The van der Waals surface area contributed by atoms with Crippen molar-refractivity contribution in [3.8, 4) is 0 Å². The summed E-state index contributed by atoms with van der Waals surface area (Å²) < 4.78 is 5.22. The van der Waals surface area contributed by atoms with Crippen LogP contribution in [0, 0.1) is 5.92 Å². The van der Waals surface area contributed by atoms with Crippen LogP contribution in [0.5, 0.6) is 0 Å². The second-order valence-electron chi connectivity index (χ2n) is 5.08. The lowest BCUT2D eigenvalue weighted by Crippen LogP contribution is -2.42. The van der Waals surface area contributed by atoms with Gasteiger partial charge in [-0.25, -0.2) is 4.79 Å². The van der Waals surface area contributed by atoms with Crippen LogP contribution in [-0.4, -0.2) is 29.7 Å². The maximum absolute atomic E-state index is 11.6. The van der Waals surface area contributed by atoms with Crippen molar-refractivity contribution in [3.63, 3.8) is 0 Å². The van der Waals surface area contributed by atoms with Gasteiger partial charge in [-0.2, -0.15) is 0 Å². The molecular weight excluding hydrogens is 260 g/mol. The number of rotatable bonds is 8. The SMILES string of the molecule is CC(CNC(=O)NC(C)CCc1ccco1)CC(=O)O. The Labute approximate surface area is 118 Å². The molecule has 1 aromatic rings. The number of aliphatic carboxylic acids is 1. The predicted octanol–water partition coefficient (Wildman–Crippen LogP) is 2.01. The smallest absolute Gasteiger partial charge is 0.315 e. The molecule has 1 rings (SSSR count). The van der Waals surface area contributed by atoms with E-state index in [0.29, 0.717) is 6.54 Å². The molecule has 0 aliphatic carbocycles. The fourth-order valence-corrected chi connectivity index (χ4v) is 1.80. The lowest BCUT2D eigenvalue weighted by Gasteiger charge is -2.15. The first-order valence-electron chi connectivity index (χ1n) is 6.76. The second-order valence-corrected chi connectivity index (χ2v) is 5.08. The highest BCUT2D eigenvalue weighted by Crippen LogP contribution is 2.05. The Morgan fingerprint density at radius 2 is 2.15 bits per heavy atom. The topological polar surface area (TPSA) is 91.6 Å². The van der Waals surface area contributed by atoms with Gasteiger partial charge in [-0.05, 0) is 31.4 Å². The maximum atomic E-state index is 11.6. The Kier molecular flexibility index (Phi) is 6.63. The van der Waals surface area contributed by atoms with E-state index in [1.807, 2.05) is 19.1 Å². The van der Waals surface area contributed by atoms with Crippen LogP contribution >= 0.6 is 0 Å². The van der Waals surface area contributed by atoms with Crippen molar-refractivity contribution in [1.82, 2.24) is 10.6 Å². The quantitative estimate of drug-likeness (QED) is 0.680. The summed E-state index contributed by atoms with van der Waals surface area (Å²) in [6.45, 7) is 4.06. The average molecular weight is 282 g/mol. The summed E-state index contributed by atoms with van der Waals surface area (Å²) in [5.41, 5.74) is 0. The van der Waals surface area contributed by atoms with Gasteiger partial charge in [0.1, 0.15) is 5.76 Å². The number of aryl methyl sites for hydroxylation is 1. The monoisotopic (exact) mass is 282 g/mol. The van der Waals surface area contributed by atoms with Gasteiger partial charge in [-0.15, -0.1) is 0 Å². The Bertz CT molecular complexity index is 417. The molecule has 6 nitrogen and oxygen atoms in total. The number of furan rings is 1. The van der Waals surface area contributed by atoms with Crippen molar-refractivity contribution in [3.05, 3.63) is 24.2 Å². The third-order valence-electron chi connectivity index (χ3n) is 2.92. The summed E-state index contributed by atoms with van der Waals surface area (Å²) in [5.74, 6) is -0.0441. The van der Waals surface area contributed by atoms with Gasteiger partial charge in [0.25, 0.3) is 0 Å². The molecule has 3 N–H and O–H groups in total. The Morgan fingerprint density at radius 1 is 1.40 bits per heavy atom. The first-order valence-corrected chi connectivity index (χ1v) is 6.76. The summed E-state index contributed by atoms with van der Waals surface area (Å²) in [4.78, 5) is 22.1. The molecule has 0 aliphatic heterocycles. The number of carboxylic acid groups (broad SMARTS) is 1. The molecular formula is C14H22N2O4. The highest BCUT2D eigenvalue weighted by molar-refractivity contribution is 5.74. The van der Waals surface area contributed by atoms with Gasteiger partial charge < -0.3 is 20.2 Å². The van der Waals surface area contributed by atoms with E-state index in [-0.39, 0.29) is 24.4 Å². The third-order valence-corrected chi connectivity index (χ3v) is 2.92. The zero-order valence-corrected chi connectivity index (χ0v) is 11.9. The first-order chi connectivity index (χ1) is 9.47. The van der Waals surface area contributed by atoms with Crippen LogP contribution in [-0.2, 0) is 11.2 Å². The predicted molar refractivity (Wildman–Crippen MR) is 74.4 cm³/mol. The zero-order chi connectivity index (χ0) is 15.0. The third kappa shape index (κ3) is 6.82.